The largest absolute Gasteiger partial charge is 0.273 e. The summed E-state index contributed by atoms with van der Waals surface area (Å²) < 4.78 is 26.6. The van der Waals surface area contributed by atoms with Gasteiger partial charge in [-0.1, -0.05) is 0 Å². The van der Waals surface area contributed by atoms with Crippen LogP contribution in [0.2, 0.25) is 0 Å². The van der Waals surface area contributed by atoms with E-state index in [1.807, 2.05) is 12.3 Å². The van der Waals surface area contributed by atoms with Gasteiger partial charge >= 0.3 is 0 Å². The fourth-order valence-corrected chi connectivity index (χ4v) is 2.49. The molecule has 1 N–H and O–H groups in total. The molecule has 5 nitrogen and oxygen atoms in total. The Morgan fingerprint density at radius 3 is 2.87 bits per heavy atom. The third-order valence-corrected chi connectivity index (χ3v) is 3.59. The molecule has 0 amide bonds. The van der Waals surface area contributed by atoms with Crippen LogP contribution < -0.4 is 4.72 Å². The normalized spacial score (nSPS) is 11.8. The van der Waals surface area contributed by atoms with Gasteiger partial charge in [-0.2, -0.15) is 5.10 Å². The van der Waals surface area contributed by atoms with Crippen molar-refractivity contribution in [1.29, 1.82) is 0 Å². The first-order valence-electron chi connectivity index (χ1n) is 4.65. The number of sulfonamides is 1. The zero-order valence-corrected chi connectivity index (χ0v) is 9.84. The van der Waals surface area contributed by atoms with Crippen LogP contribution >= 0.6 is 11.6 Å². The predicted octanol–water partition coefficient (Wildman–Crippen LogP) is 0.431. The second-order valence-electron chi connectivity index (χ2n) is 3.02. The highest BCUT2D eigenvalue weighted by molar-refractivity contribution is 7.89. The molecule has 0 radical (unpaired) electrons. The Hall–Kier alpha value is -0.590. The molecule has 7 heteroatoms. The van der Waals surface area contributed by atoms with Crippen LogP contribution in [0.4, 0.5) is 0 Å². The molecule has 1 rings (SSSR count). The van der Waals surface area contributed by atoms with E-state index in [-0.39, 0.29) is 11.6 Å². The minimum Gasteiger partial charge on any atom is -0.273 e. The van der Waals surface area contributed by atoms with Crippen LogP contribution in [0.5, 0.6) is 0 Å². The van der Waals surface area contributed by atoms with Crippen LogP contribution in [-0.2, 0) is 16.6 Å². The summed E-state index contributed by atoms with van der Waals surface area (Å²) in [6.07, 6.45) is 4.24. The van der Waals surface area contributed by atoms with E-state index in [1.165, 1.54) is 0 Å². The monoisotopic (exact) mass is 251 g/mol. The predicted molar refractivity (Wildman–Crippen MR) is 59.4 cm³/mol. The minimum absolute atomic E-state index is 0.0314. The Bertz CT molecular complexity index is 363. The van der Waals surface area contributed by atoms with Gasteiger partial charge in [-0.05, 0) is 12.5 Å². The van der Waals surface area contributed by atoms with Gasteiger partial charge in [0.1, 0.15) is 0 Å². The maximum atomic E-state index is 11.2. The first kappa shape index (κ1) is 12.5. The smallest absolute Gasteiger partial charge is 0.212 e. The summed E-state index contributed by atoms with van der Waals surface area (Å²) in [4.78, 5) is 0. The van der Waals surface area contributed by atoms with Gasteiger partial charge in [0.25, 0.3) is 0 Å². The molecule has 86 valence electrons. The summed E-state index contributed by atoms with van der Waals surface area (Å²) in [6, 6.07) is 1.83. The molecule has 1 heterocycles. The summed E-state index contributed by atoms with van der Waals surface area (Å²) in [5.41, 5.74) is 0. The molecule has 0 saturated carbocycles. The Labute approximate surface area is 94.5 Å². The second kappa shape index (κ2) is 6.09. The van der Waals surface area contributed by atoms with E-state index in [2.05, 4.69) is 9.82 Å². The Morgan fingerprint density at radius 1 is 1.47 bits per heavy atom. The fraction of sp³-hybridized carbons (Fsp3) is 0.625. The van der Waals surface area contributed by atoms with E-state index in [1.54, 1.807) is 10.9 Å². The first-order valence-corrected chi connectivity index (χ1v) is 6.83. The molecular formula is C8H14ClN3O2S. The van der Waals surface area contributed by atoms with Gasteiger partial charge < -0.3 is 0 Å². The van der Waals surface area contributed by atoms with Crippen molar-refractivity contribution in [3.05, 3.63) is 18.5 Å². The van der Waals surface area contributed by atoms with Gasteiger partial charge in [0, 0.05) is 31.4 Å². The van der Waals surface area contributed by atoms with Crippen LogP contribution in [-0.4, -0.2) is 36.4 Å². The molecule has 1 aromatic heterocycles. The van der Waals surface area contributed by atoms with Gasteiger partial charge in [-0.25, -0.2) is 13.1 Å². The number of rotatable bonds is 7. The lowest BCUT2D eigenvalue weighted by Gasteiger charge is -2.04. The number of halogens is 1. The molecule has 0 aromatic carbocycles. The summed E-state index contributed by atoms with van der Waals surface area (Å²) in [5.74, 6) is 0.0881. The minimum atomic E-state index is -3.18. The molecule has 0 unspecified atom stereocenters. The Balaban J connectivity index is 2.17. The average Bonchev–Trinajstić information content (AvgIpc) is 2.65. The summed E-state index contributed by atoms with van der Waals surface area (Å²) in [5, 5.41) is 4.00. The van der Waals surface area contributed by atoms with Crippen molar-refractivity contribution >= 4 is 21.6 Å². The molecule has 0 aliphatic carbocycles. The number of hydrogen-bond acceptors (Lipinski definition) is 3. The third kappa shape index (κ3) is 5.15. The van der Waals surface area contributed by atoms with Gasteiger partial charge in [0.2, 0.25) is 10.0 Å². The lowest BCUT2D eigenvalue weighted by molar-refractivity contribution is 0.554. The standard InChI is InChI=1S/C8H14ClN3O2S/c9-3-8-15(13,14)11-5-2-7-12-6-1-4-10-12/h1,4,6,11H,2-3,5,7-8H2. The number of hydrogen-bond donors (Lipinski definition) is 1. The molecule has 0 spiro atoms. The fourth-order valence-electron chi connectivity index (χ4n) is 1.08. The number of alkyl halides is 1. The van der Waals surface area contributed by atoms with Crippen LogP contribution in [0.15, 0.2) is 18.5 Å². The van der Waals surface area contributed by atoms with E-state index in [4.69, 9.17) is 11.6 Å². The molecule has 15 heavy (non-hydrogen) atoms. The SMILES string of the molecule is O=S(=O)(CCCl)NCCCn1cccn1. The van der Waals surface area contributed by atoms with Crippen molar-refractivity contribution in [2.75, 3.05) is 18.2 Å². The van der Waals surface area contributed by atoms with Crippen LogP contribution in [0.3, 0.4) is 0 Å². The maximum absolute atomic E-state index is 11.2. The van der Waals surface area contributed by atoms with E-state index in [9.17, 15) is 8.42 Å². The number of nitrogens with zero attached hydrogens (tertiary/aromatic N) is 2. The molecule has 0 fully saturated rings. The lowest BCUT2D eigenvalue weighted by Crippen LogP contribution is -2.28. The Kier molecular flexibility index (Phi) is 5.07. The van der Waals surface area contributed by atoms with Gasteiger partial charge in [0.05, 0.1) is 5.75 Å². The van der Waals surface area contributed by atoms with Gasteiger partial charge in [-0.3, -0.25) is 4.68 Å². The Morgan fingerprint density at radius 2 is 2.27 bits per heavy atom. The van der Waals surface area contributed by atoms with Gasteiger partial charge in [0.15, 0.2) is 0 Å². The molecule has 1 aromatic rings. The second-order valence-corrected chi connectivity index (χ2v) is 5.33. The quantitative estimate of drug-likeness (QED) is 0.565. The van der Waals surface area contributed by atoms with Crippen molar-refractivity contribution in [3.63, 3.8) is 0 Å². The summed E-state index contributed by atoms with van der Waals surface area (Å²) in [6.45, 7) is 1.12. The van der Waals surface area contributed by atoms with Crippen molar-refractivity contribution in [2.45, 2.75) is 13.0 Å². The van der Waals surface area contributed by atoms with E-state index in [0.29, 0.717) is 19.5 Å². The number of aryl methyl sites for hydroxylation is 1. The highest BCUT2D eigenvalue weighted by Gasteiger charge is 2.07. The zero-order chi connectivity index (χ0) is 11.1. The van der Waals surface area contributed by atoms with E-state index in [0.717, 1.165) is 0 Å². The lowest BCUT2D eigenvalue weighted by atomic mass is 10.4. The van der Waals surface area contributed by atoms with E-state index >= 15 is 0 Å². The number of aromatic nitrogens is 2. The highest BCUT2D eigenvalue weighted by Crippen LogP contribution is 1.91. The topological polar surface area (TPSA) is 64.0 Å². The van der Waals surface area contributed by atoms with Gasteiger partial charge in [-0.15, -0.1) is 11.6 Å². The highest BCUT2D eigenvalue weighted by atomic mass is 35.5. The summed E-state index contributed by atoms with van der Waals surface area (Å²) >= 11 is 5.35. The van der Waals surface area contributed by atoms with Crippen molar-refractivity contribution in [3.8, 4) is 0 Å². The molecule has 0 saturated heterocycles. The molecule has 0 aliphatic rings. The molecule has 0 atom stereocenters. The van der Waals surface area contributed by atoms with Crippen LogP contribution in [0, 0.1) is 0 Å². The number of nitrogens with one attached hydrogen (secondary N) is 1. The summed E-state index contributed by atoms with van der Waals surface area (Å²) in [7, 11) is -3.18. The molecule has 0 aliphatic heterocycles. The maximum Gasteiger partial charge on any atom is 0.212 e. The van der Waals surface area contributed by atoms with Crippen molar-refractivity contribution in [1.82, 2.24) is 14.5 Å². The third-order valence-electron chi connectivity index (χ3n) is 1.79. The van der Waals surface area contributed by atoms with Crippen molar-refractivity contribution < 1.29 is 8.42 Å². The average molecular weight is 252 g/mol. The first-order chi connectivity index (χ1) is 7.14. The molecule has 0 bridgehead atoms. The van der Waals surface area contributed by atoms with Crippen LogP contribution in [0.1, 0.15) is 6.42 Å². The molecular weight excluding hydrogens is 238 g/mol. The van der Waals surface area contributed by atoms with E-state index < -0.39 is 10.0 Å². The van der Waals surface area contributed by atoms with Crippen molar-refractivity contribution in [2.24, 2.45) is 0 Å². The zero-order valence-electron chi connectivity index (χ0n) is 8.26. The van der Waals surface area contributed by atoms with Crippen LogP contribution in [0.25, 0.3) is 0 Å².